The third kappa shape index (κ3) is 5.01. The largest absolute Gasteiger partial charge is 0.468 e. The first kappa shape index (κ1) is 25.5. The number of allylic oxidation sites excluding steroid dienone is 3. The molecule has 1 aliphatic carbocycles. The molecule has 1 N–H and O–H groups in total. The Morgan fingerprint density at radius 2 is 1.94 bits per heavy atom. The Hall–Kier alpha value is -3.14. The molecule has 10 heteroatoms. The fourth-order valence-corrected chi connectivity index (χ4v) is 4.98. The maximum absolute atomic E-state index is 13.6. The van der Waals surface area contributed by atoms with Gasteiger partial charge in [-0.15, -0.1) is 0 Å². The quantitative estimate of drug-likeness (QED) is 0.192. The predicted octanol–water partition coefficient (Wildman–Crippen LogP) is 3.50. The number of nitro groups is 1. The van der Waals surface area contributed by atoms with Crippen LogP contribution in [0.25, 0.3) is 0 Å². The highest BCUT2D eigenvalue weighted by atomic mass is 32.2. The molecule has 0 aromatic heterocycles. The summed E-state index contributed by atoms with van der Waals surface area (Å²) in [7, 11) is 1.24. The second-order valence-electron chi connectivity index (χ2n) is 8.22. The predicted molar refractivity (Wildman–Crippen MR) is 127 cm³/mol. The van der Waals surface area contributed by atoms with Gasteiger partial charge in [0.25, 0.3) is 5.69 Å². The first-order valence-corrected chi connectivity index (χ1v) is 12.2. The van der Waals surface area contributed by atoms with E-state index in [2.05, 4.69) is 5.32 Å². The van der Waals surface area contributed by atoms with Crippen molar-refractivity contribution in [2.24, 2.45) is 11.8 Å². The zero-order valence-electron chi connectivity index (χ0n) is 19.6. The summed E-state index contributed by atoms with van der Waals surface area (Å²) < 4.78 is 10.4. The Kier molecular flexibility index (Phi) is 8.14. The Labute approximate surface area is 202 Å². The van der Waals surface area contributed by atoms with E-state index < -0.39 is 34.5 Å². The number of hydrogen-bond acceptors (Lipinski definition) is 9. The minimum atomic E-state index is -0.997. The van der Waals surface area contributed by atoms with Gasteiger partial charge in [-0.1, -0.05) is 26.0 Å². The van der Waals surface area contributed by atoms with Crippen LogP contribution in [0.3, 0.4) is 0 Å². The summed E-state index contributed by atoms with van der Waals surface area (Å²) in [5.74, 6) is -2.20. The van der Waals surface area contributed by atoms with Crippen LogP contribution in [0.5, 0.6) is 0 Å². The number of nitrogens with zero attached hydrogens (tertiary/aromatic N) is 1. The zero-order valence-corrected chi connectivity index (χ0v) is 20.4. The molecule has 2 aliphatic rings. The Morgan fingerprint density at radius 3 is 2.53 bits per heavy atom. The molecule has 0 saturated heterocycles. The van der Waals surface area contributed by atoms with Crippen LogP contribution >= 0.6 is 11.8 Å². The first-order chi connectivity index (χ1) is 16.2. The van der Waals surface area contributed by atoms with E-state index >= 15 is 0 Å². The molecule has 3 rings (SSSR count). The van der Waals surface area contributed by atoms with Crippen molar-refractivity contribution >= 4 is 35.2 Å². The van der Waals surface area contributed by atoms with Crippen LogP contribution in [0, 0.1) is 22.0 Å². The molecule has 0 saturated carbocycles. The fraction of sp³-hybridized carbons (Fsp3) is 0.458. The van der Waals surface area contributed by atoms with Crippen molar-refractivity contribution in [3.63, 3.8) is 0 Å². The summed E-state index contributed by atoms with van der Waals surface area (Å²) in [6.45, 7) is 5.76. The fourth-order valence-electron chi connectivity index (χ4n) is 4.49. The van der Waals surface area contributed by atoms with E-state index in [4.69, 9.17) is 9.47 Å². The number of carbonyl (C=O) groups is 3. The third-order valence-electron chi connectivity index (χ3n) is 6.07. The summed E-state index contributed by atoms with van der Waals surface area (Å²) >= 11 is 1.64. The lowest BCUT2D eigenvalue weighted by Gasteiger charge is -2.38. The number of Topliss-reactive ketones (excluding diaryl/α,β-unsaturated/α-hetero) is 1. The number of rotatable bonds is 8. The summed E-state index contributed by atoms with van der Waals surface area (Å²) in [5, 5.41) is 14.3. The molecule has 1 aliphatic heterocycles. The normalized spacial score (nSPS) is 22.1. The number of nitrogens with one attached hydrogen (secondary N) is 1. The molecule has 0 radical (unpaired) electrons. The van der Waals surface area contributed by atoms with Crippen molar-refractivity contribution in [2.45, 2.75) is 33.1 Å². The number of ketones is 1. The van der Waals surface area contributed by atoms with Crippen LogP contribution in [0.15, 0.2) is 46.8 Å². The Morgan fingerprint density at radius 1 is 1.26 bits per heavy atom. The SMILES string of the molecule is CCSCCOC(=O)C1=C(C)NC2=C(C(=O)C(C(=O)OC)C(C)C2)C1c1ccc([N+](=O)[O-])cc1. The number of methoxy groups -OCH3 is 1. The van der Waals surface area contributed by atoms with Crippen LogP contribution in [-0.4, -0.2) is 47.9 Å². The number of dihydropyridines is 1. The highest BCUT2D eigenvalue weighted by molar-refractivity contribution is 7.99. The van der Waals surface area contributed by atoms with Gasteiger partial charge >= 0.3 is 11.9 Å². The van der Waals surface area contributed by atoms with Crippen LogP contribution in [0.2, 0.25) is 0 Å². The molecule has 1 aromatic carbocycles. The monoisotopic (exact) mass is 488 g/mol. The number of esters is 2. The van der Waals surface area contributed by atoms with E-state index in [0.717, 1.165) is 5.75 Å². The van der Waals surface area contributed by atoms with Gasteiger partial charge in [0.2, 0.25) is 0 Å². The topological polar surface area (TPSA) is 125 Å². The maximum Gasteiger partial charge on any atom is 0.336 e. The van der Waals surface area contributed by atoms with E-state index in [-0.39, 0.29) is 23.8 Å². The smallest absolute Gasteiger partial charge is 0.336 e. The number of thioether (sulfide) groups is 1. The number of benzene rings is 1. The summed E-state index contributed by atoms with van der Waals surface area (Å²) in [6, 6.07) is 5.73. The van der Waals surface area contributed by atoms with Crippen LogP contribution in [-0.2, 0) is 23.9 Å². The molecule has 0 amide bonds. The van der Waals surface area contributed by atoms with Gasteiger partial charge in [-0.2, -0.15) is 11.8 Å². The van der Waals surface area contributed by atoms with Crippen molar-refractivity contribution in [3.8, 4) is 0 Å². The molecule has 0 fully saturated rings. The molecule has 9 nitrogen and oxygen atoms in total. The lowest BCUT2D eigenvalue weighted by Crippen LogP contribution is -2.43. The molecule has 1 heterocycles. The van der Waals surface area contributed by atoms with Crippen molar-refractivity contribution < 1.29 is 28.8 Å². The van der Waals surface area contributed by atoms with Gasteiger partial charge in [0.15, 0.2) is 5.78 Å². The van der Waals surface area contributed by atoms with Crippen LogP contribution in [0.1, 0.15) is 38.7 Å². The molecular formula is C24H28N2O7S. The summed E-state index contributed by atoms with van der Waals surface area (Å²) in [4.78, 5) is 49.9. The first-order valence-electron chi connectivity index (χ1n) is 11.0. The summed E-state index contributed by atoms with van der Waals surface area (Å²) in [6.07, 6.45) is 0.414. The third-order valence-corrected chi connectivity index (χ3v) is 6.93. The van der Waals surface area contributed by atoms with Gasteiger partial charge in [0.1, 0.15) is 12.5 Å². The van der Waals surface area contributed by atoms with Crippen molar-refractivity contribution in [3.05, 3.63) is 62.5 Å². The van der Waals surface area contributed by atoms with E-state index in [9.17, 15) is 24.5 Å². The number of non-ortho nitro benzene ring substituents is 1. The van der Waals surface area contributed by atoms with E-state index in [1.54, 1.807) is 25.6 Å². The summed E-state index contributed by atoms with van der Waals surface area (Å²) in [5.41, 5.74) is 2.15. The number of ether oxygens (including phenoxy) is 2. The molecule has 3 atom stereocenters. The minimum absolute atomic E-state index is 0.107. The molecular weight excluding hydrogens is 460 g/mol. The van der Waals surface area contributed by atoms with Gasteiger partial charge < -0.3 is 14.8 Å². The van der Waals surface area contributed by atoms with Gasteiger partial charge in [-0.3, -0.25) is 19.7 Å². The molecule has 3 unspecified atom stereocenters. The number of nitro benzene ring substituents is 1. The van der Waals surface area contributed by atoms with Crippen molar-refractivity contribution in [1.29, 1.82) is 0 Å². The van der Waals surface area contributed by atoms with E-state index in [1.807, 2.05) is 6.92 Å². The number of hydrogen-bond donors (Lipinski definition) is 1. The van der Waals surface area contributed by atoms with Gasteiger partial charge in [-0.05, 0) is 30.6 Å². The van der Waals surface area contributed by atoms with E-state index in [1.165, 1.54) is 31.4 Å². The minimum Gasteiger partial charge on any atom is -0.468 e. The maximum atomic E-state index is 13.6. The molecule has 1 aromatic rings. The Bertz CT molecular complexity index is 1060. The van der Waals surface area contributed by atoms with Crippen LogP contribution < -0.4 is 5.32 Å². The Balaban J connectivity index is 2.08. The molecule has 0 bridgehead atoms. The standard InChI is InChI=1S/C24H28N2O7S/c1-5-34-11-10-33-24(29)19-14(3)25-17-12-13(2)18(23(28)32-4)22(27)21(17)20(19)15-6-8-16(9-7-15)26(30)31/h6-9,13,18,20,25H,5,10-12H2,1-4H3. The molecule has 34 heavy (non-hydrogen) atoms. The number of carbonyl (C=O) groups excluding carboxylic acids is 3. The van der Waals surface area contributed by atoms with Gasteiger partial charge in [0.05, 0.1) is 17.6 Å². The second-order valence-corrected chi connectivity index (χ2v) is 9.61. The van der Waals surface area contributed by atoms with Gasteiger partial charge in [0, 0.05) is 40.8 Å². The lowest BCUT2D eigenvalue weighted by molar-refractivity contribution is -0.384. The highest BCUT2D eigenvalue weighted by Crippen LogP contribution is 2.45. The van der Waals surface area contributed by atoms with Crippen LogP contribution in [0.4, 0.5) is 5.69 Å². The van der Waals surface area contributed by atoms with Crippen molar-refractivity contribution in [2.75, 3.05) is 25.2 Å². The second kappa shape index (κ2) is 10.9. The molecule has 182 valence electrons. The lowest BCUT2D eigenvalue weighted by atomic mass is 9.69. The van der Waals surface area contributed by atoms with Gasteiger partial charge in [-0.25, -0.2) is 4.79 Å². The zero-order chi connectivity index (χ0) is 25.0. The van der Waals surface area contributed by atoms with Crippen molar-refractivity contribution in [1.82, 2.24) is 5.32 Å². The average molecular weight is 489 g/mol. The average Bonchev–Trinajstić information content (AvgIpc) is 2.80. The van der Waals surface area contributed by atoms with E-state index in [0.29, 0.717) is 34.7 Å². The highest BCUT2D eigenvalue weighted by Gasteiger charge is 2.47. The molecule has 0 spiro atoms.